The molecule has 0 aromatic carbocycles. The molecule has 0 saturated heterocycles. The molecule has 17 heavy (non-hydrogen) atoms. The Balaban J connectivity index is -0.000000120. The molecule has 0 bridgehead atoms. The fourth-order valence-electron chi connectivity index (χ4n) is 0.714. The molecule has 0 aliphatic carbocycles. The first-order valence-corrected chi connectivity index (χ1v) is 3.17. The molecular formula is C6H16Ca2O9. The van der Waals surface area contributed by atoms with Crippen molar-refractivity contribution in [1.29, 1.82) is 0 Å². The van der Waals surface area contributed by atoms with E-state index < -0.39 is 36.4 Å². The van der Waals surface area contributed by atoms with Gasteiger partial charge in [-0.3, -0.25) is 9.59 Å². The Hall–Kier alpha value is 0.809. The summed E-state index contributed by atoms with van der Waals surface area (Å²) in [7, 11) is 0. The molecule has 8 N–H and O–H groups in total. The van der Waals surface area contributed by atoms with Crippen molar-refractivity contribution in [3.8, 4) is 0 Å². The van der Waals surface area contributed by atoms with Crippen molar-refractivity contribution in [3.63, 3.8) is 0 Å². The second kappa shape index (κ2) is 13.2. The van der Waals surface area contributed by atoms with Gasteiger partial charge >= 0.3 is 93.4 Å². The van der Waals surface area contributed by atoms with Gasteiger partial charge in [-0.1, -0.05) is 0 Å². The first kappa shape index (κ1) is 30.7. The van der Waals surface area contributed by atoms with Crippen LogP contribution in [0.3, 0.4) is 0 Å². The molecule has 0 aromatic rings. The van der Waals surface area contributed by atoms with Crippen LogP contribution in [0.15, 0.2) is 0 Å². The summed E-state index contributed by atoms with van der Waals surface area (Å²) in [6.45, 7) is 0. The van der Waals surface area contributed by atoms with E-state index in [2.05, 4.69) is 0 Å². The SMILES string of the molecule is O.O.O=C(O)CC(O)(CC(=O)O)C(=O)O.[CaH2].[CaH2]. The number of aliphatic hydroxyl groups is 1. The number of aliphatic carboxylic acids is 3. The fraction of sp³-hybridized carbons (Fsp3) is 0.500. The summed E-state index contributed by atoms with van der Waals surface area (Å²) < 4.78 is 0. The van der Waals surface area contributed by atoms with Crippen LogP contribution in [-0.2, 0) is 14.4 Å². The first-order chi connectivity index (χ1) is 5.78. The van der Waals surface area contributed by atoms with Crippen molar-refractivity contribution in [2.24, 2.45) is 0 Å². The van der Waals surface area contributed by atoms with Crippen LogP contribution < -0.4 is 0 Å². The van der Waals surface area contributed by atoms with E-state index in [0.717, 1.165) is 0 Å². The molecule has 0 atom stereocenters. The van der Waals surface area contributed by atoms with Crippen molar-refractivity contribution in [2.75, 3.05) is 0 Å². The Bertz CT molecular complexity index is 238. The third-order valence-electron chi connectivity index (χ3n) is 1.29. The topological polar surface area (TPSA) is 195 Å². The average molecular weight is 312 g/mol. The van der Waals surface area contributed by atoms with Gasteiger partial charge in [-0.2, -0.15) is 0 Å². The molecule has 0 unspecified atom stereocenters. The Kier molecular flexibility index (Phi) is 23.9. The molecule has 0 aromatic heterocycles. The zero-order valence-electron chi connectivity index (χ0n) is 7.43. The van der Waals surface area contributed by atoms with Gasteiger partial charge in [-0.25, -0.2) is 4.79 Å². The van der Waals surface area contributed by atoms with Gasteiger partial charge in [0.05, 0.1) is 12.8 Å². The van der Waals surface area contributed by atoms with Crippen molar-refractivity contribution in [3.05, 3.63) is 0 Å². The molecule has 11 heteroatoms. The van der Waals surface area contributed by atoms with Gasteiger partial charge in [0.1, 0.15) is 0 Å². The zero-order valence-corrected chi connectivity index (χ0v) is 7.43. The van der Waals surface area contributed by atoms with Gasteiger partial charge in [0, 0.05) is 0 Å². The molecule has 0 spiro atoms. The number of carboxylic acids is 3. The van der Waals surface area contributed by atoms with E-state index in [0.29, 0.717) is 0 Å². The predicted molar refractivity (Wildman–Crippen MR) is 61.4 cm³/mol. The molecule has 0 aliphatic rings. The van der Waals surface area contributed by atoms with Crippen LogP contribution in [0.1, 0.15) is 12.8 Å². The zero-order chi connectivity index (χ0) is 10.6. The molecule has 0 radical (unpaired) electrons. The summed E-state index contributed by atoms with van der Waals surface area (Å²) >= 11 is 0. The van der Waals surface area contributed by atoms with E-state index in [-0.39, 0.29) is 86.4 Å². The molecule has 0 heterocycles. The van der Waals surface area contributed by atoms with Crippen molar-refractivity contribution < 1.29 is 45.8 Å². The fourth-order valence-corrected chi connectivity index (χ4v) is 0.714. The summed E-state index contributed by atoms with van der Waals surface area (Å²) in [6.07, 6.45) is -2.29. The van der Waals surface area contributed by atoms with E-state index in [1.807, 2.05) is 0 Å². The van der Waals surface area contributed by atoms with Crippen molar-refractivity contribution >= 4 is 93.4 Å². The van der Waals surface area contributed by atoms with Gasteiger partial charge in [0.2, 0.25) is 0 Å². The van der Waals surface area contributed by atoms with Crippen LogP contribution in [0.4, 0.5) is 0 Å². The minimum absolute atomic E-state index is 0. The third kappa shape index (κ3) is 13.0. The molecule has 0 rings (SSSR count). The van der Waals surface area contributed by atoms with Gasteiger partial charge in [-0.05, 0) is 0 Å². The standard InChI is InChI=1S/C6H8O7.2Ca.2H2O.4H/c7-3(8)1-6(13,5(11)12)2-4(9)10;;;;;;;;/h13H,1-2H2,(H,7,8)(H,9,10)(H,11,12);;;2*1H2;;;;. The predicted octanol–water partition coefficient (Wildman–Crippen LogP) is -4.73. The Labute approximate surface area is 155 Å². The number of carboxylic acid groups (broad SMARTS) is 3. The summed E-state index contributed by atoms with van der Waals surface area (Å²) in [5.41, 5.74) is -2.74. The number of carbonyl (C=O) groups is 3. The van der Waals surface area contributed by atoms with Crippen molar-refractivity contribution in [1.82, 2.24) is 0 Å². The van der Waals surface area contributed by atoms with Crippen LogP contribution in [0.2, 0.25) is 0 Å². The summed E-state index contributed by atoms with van der Waals surface area (Å²) in [5.74, 6) is -5.02. The number of hydrogen-bond donors (Lipinski definition) is 4. The van der Waals surface area contributed by atoms with Gasteiger partial charge in [0.25, 0.3) is 0 Å². The quantitative estimate of drug-likeness (QED) is 0.365. The van der Waals surface area contributed by atoms with E-state index in [1.165, 1.54) is 0 Å². The second-order valence-corrected chi connectivity index (χ2v) is 2.48. The maximum atomic E-state index is 10.3. The van der Waals surface area contributed by atoms with Gasteiger partial charge < -0.3 is 31.4 Å². The van der Waals surface area contributed by atoms with Crippen LogP contribution in [0.25, 0.3) is 0 Å². The van der Waals surface area contributed by atoms with Crippen molar-refractivity contribution in [2.45, 2.75) is 18.4 Å². The minimum atomic E-state index is -2.74. The van der Waals surface area contributed by atoms with E-state index in [9.17, 15) is 14.4 Å². The van der Waals surface area contributed by atoms with E-state index in [1.54, 1.807) is 0 Å². The monoisotopic (exact) mass is 312 g/mol. The molecule has 0 fully saturated rings. The molecule has 0 aliphatic heterocycles. The van der Waals surface area contributed by atoms with Gasteiger partial charge in [-0.15, -0.1) is 0 Å². The molecule has 9 nitrogen and oxygen atoms in total. The Morgan fingerprint density at radius 3 is 1.18 bits per heavy atom. The number of hydrogen-bond acceptors (Lipinski definition) is 4. The van der Waals surface area contributed by atoms with E-state index >= 15 is 0 Å². The summed E-state index contributed by atoms with van der Waals surface area (Å²) in [4.78, 5) is 30.5. The maximum absolute atomic E-state index is 10.3. The van der Waals surface area contributed by atoms with Crippen LogP contribution in [0.5, 0.6) is 0 Å². The molecular weight excluding hydrogens is 296 g/mol. The Morgan fingerprint density at radius 2 is 1.06 bits per heavy atom. The van der Waals surface area contributed by atoms with Gasteiger partial charge in [0.15, 0.2) is 5.60 Å². The summed E-state index contributed by atoms with van der Waals surface area (Å²) in [5, 5.41) is 33.8. The first-order valence-electron chi connectivity index (χ1n) is 3.17. The number of rotatable bonds is 5. The molecule has 98 valence electrons. The molecule has 0 amide bonds. The normalized spacial score (nSPS) is 8.29. The second-order valence-electron chi connectivity index (χ2n) is 2.48. The van der Waals surface area contributed by atoms with Crippen LogP contribution in [0, 0.1) is 0 Å². The average Bonchev–Trinajstić information content (AvgIpc) is 1.82. The van der Waals surface area contributed by atoms with Crippen LogP contribution in [-0.4, -0.2) is 130 Å². The van der Waals surface area contributed by atoms with E-state index in [4.69, 9.17) is 20.4 Å². The van der Waals surface area contributed by atoms with Crippen LogP contribution >= 0.6 is 0 Å². The Morgan fingerprint density at radius 1 is 0.824 bits per heavy atom. The summed E-state index contributed by atoms with van der Waals surface area (Å²) in [6, 6.07) is 0. The molecule has 0 saturated carbocycles. The third-order valence-corrected chi connectivity index (χ3v) is 1.29.